The molecule has 222 valence electrons. The van der Waals surface area contributed by atoms with E-state index in [0.29, 0.717) is 26.2 Å². The van der Waals surface area contributed by atoms with Crippen molar-refractivity contribution in [3.05, 3.63) is 0 Å². The summed E-state index contributed by atoms with van der Waals surface area (Å²) in [6, 6.07) is 0. The zero-order chi connectivity index (χ0) is 28.4. The van der Waals surface area contributed by atoms with Crippen LogP contribution in [0.25, 0.3) is 0 Å². The molecule has 2 rings (SSSR count). The van der Waals surface area contributed by atoms with Gasteiger partial charge in [-0.1, -0.05) is 0 Å². The van der Waals surface area contributed by atoms with Crippen LogP contribution in [0.15, 0.2) is 0 Å². The van der Waals surface area contributed by atoms with Crippen LogP contribution in [-0.4, -0.2) is 168 Å². The Bertz CT molecular complexity index is 684. The number of aliphatic hydroxyl groups excluding tert-OH is 8. The first-order chi connectivity index (χ1) is 18.0. The highest BCUT2D eigenvalue weighted by atomic mass is 32.2. The minimum atomic E-state index is -1.45. The second kappa shape index (κ2) is 16.5. The Morgan fingerprint density at radius 3 is 1.34 bits per heavy atom. The molecule has 0 radical (unpaired) electrons. The number of thioether (sulfide) groups is 2. The standard InChI is InChI=1S/C22H42N4O10S2/c23-1-4-26(5-2-24-15(29)7-11-17(31)21(35)19(33)13(9-27)37-11)6-3-25-16(30)8-12-18(32)22(36)20(34)14(10-28)38-12/h11-14,17-22,27-28,31-36H,1-10,23H2,(H,24,29)(H,25,30)/t11-,12-,13+,14+,17-,18-,19-,20-,21+,22+/m0/s1. The fourth-order valence-electron chi connectivity index (χ4n) is 4.43. The molecule has 38 heavy (non-hydrogen) atoms. The Kier molecular flexibility index (Phi) is 14.5. The maximum absolute atomic E-state index is 12.4. The molecule has 0 spiro atoms. The van der Waals surface area contributed by atoms with Gasteiger partial charge in [-0.2, -0.15) is 0 Å². The van der Waals surface area contributed by atoms with E-state index in [0.717, 1.165) is 23.5 Å². The average Bonchev–Trinajstić information content (AvgIpc) is 2.89. The molecule has 16 heteroatoms. The van der Waals surface area contributed by atoms with Crippen LogP contribution in [0.3, 0.4) is 0 Å². The van der Waals surface area contributed by atoms with Crippen LogP contribution in [0.4, 0.5) is 0 Å². The van der Waals surface area contributed by atoms with Crippen LogP contribution < -0.4 is 16.4 Å². The number of rotatable bonds is 14. The summed E-state index contributed by atoms with van der Waals surface area (Å²) in [4.78, 5) is 26.7. The van der Waals surface area contributed by atoms with Gasteiger partial charge in [-0.25, -0.2) is 0 Å². The number of hydrogen-bond donors (Lipinski definition) is 11. The molecule has 2 fully saturated rings. The molecule has 0 aromatic heterocycles. The fourth-order valence-corrected chi connectivity index (χ4v) is 7.28. The first-order valence-corrected chi connectivity index (χ1v) is 14.5. The number of aliphatic hydroxyl groups is 8. The zero-order valence-corrected chi connectivity index (χ0v) is 22.7. The van der Waals surface area contributed by atoms with Crippen molar-refractivity contribution >= 4 is 35.3 Å². The molecule has 0 bridgehead atoms. The molecule has 0 aromatic carbocycles. The summed E-state index contributed by atoms with van der Waals surface area (Å²) in [5.41, 5.74) is 5.66. The lowest BCUT2D eigenvalue weighted by atomic mass is 9.99. The third-order valence-corrected chi connectivity index (χ3v) is 9.85. The van der Waals surface area contributed by atoms with Crippen LogP contribution >= 0.6 is 23.5 Å². The highest BCUT2D eigenvalue weighted by Crippen LogP contribution is 2.35. The molecule has 14 nitrogen and oxygen atoms in total. The molecule has 2 aliphatic heterocycles. The molecule has 0 aromatic rings. The van der Waals surface area contributed by atoms with Gasteiger partial charge in [0.2, 0.25) is 11.8 Å². The zero-order valence-electron chi connectivity index (χ0n) is 21.1. The van der Waals surface area contributed by atoms with Crippen molar-refractivity contribution in [3.63, 3.8) is 0 Å². The van der Waals surface area contributed by atoms with Crippen molar-refractivity contribution < 1.29 is 50.4 Å². The molecule has 2 saturated heterocycles. The summed E-state index contributed by atoms with van der Waals surface area (Å²) in [6.07, 6.45) is -8.29. The largest absolute Gasteiger partial charge is 0.395 e. The van der Waals surface area contributed by atoms with Gasteiger partial charge in [0.15, 0.2) is 0 Å². The normalized spacial score (nSPS) is 35.7. The van der Waals surface area contributed by atoms with E-state index >= 15 is 0 Å². The van der Waals surface area contributed by atoms with Crippen LogP contribution in [0.2, 0.25) is 0 Å². The first kappa shape index (κ1) is 33.4. The van der Waals surface area contributed by atoms with E-state index in [2.05, 4.69) is 10.6 Å². The Morgan fingerprint density at radius 1 is 0.632 bits per heavy atom. The van der Waals surface area contributed by atoms with E-state index in [9.17, 15) is 50.4 Å². The van der Waals surface area contributed by atoms with Gasteiger partial charge in [0.05, 0.1) is 48.1 Å². The molecule has 2 aliphatic rings. The smallest absolute Gasteiger partial charge is 0.221 e. The van der Waals surface area contributed by atoms with E-state index in [1.54, 1.807) is 0 Å². The molecule has 2 heterocycles. The Morgan fingerprint density at radius 2 is 1.00 bits per heavy atom. The number of carbonyl (C=O) groups excluding carboxylic acids is 2. The van der Waals surface area contributed by atoms with Gasteiger partial charge in [-0.15, -0.1) is 23.5 Å². The Labute approximate surface area is 230 Å². The number of nitrogens with one attached hydrogen (secondary N) is 2. The SMILES string of the molecule is NCCN(CCNC(=O)C[C@@H]1S[C@H](CO)[C@H](O)[C@H](O)[C@H]1O)CCNC(=O)C[C@@H]1S[C@H](CO)[C@H](O)[C@H](O)[C@H]1O. The summed E-state index contributed by atoms with van der Waals surface area (Å²) >= 11 is 2.12. The van der Waals surface area contributed by atoms with Crippen LogP contribution in [0, 0.1) is 0 Å². The molecule has 0 aliphatic carbocycles. The van der Waals surface area contributed by atoms with Gasteiger partial charge in [0, 0.05) is 62.6 Å². The average molecular weight is 587 g/mol. The van der Waals surface area contributed by atoms with Crippen molar-refractivity contribution in [2.45, 2.75) is 70.5 Å². The first-order valence-electron chi connectivity index (χ1n) is 12.6. The van der Waals surface area contributed by atoms with Crippen LogP contribution in [0.5, 0.6) is 0 Å². The predicted molar refractivity (Wildman–Crippen MR) is 141 cm³/mol. The van der Waals surface area contributed by atoms with Crippen LogP contribution in [0.1, 0.15) is 12.8 Å². The number of hydrogen-bond acceptors (Lipinski definition) is 14. The van der Waals surface area contributed by atoms with E-state index in [4.69, 9.17) is 5.73 Å². The third-order valence-electron chi connectivity index (χ3n) is 6.70. The highest BCUT2D eigenvalue weighted by molar-refractivity contribution is 8.01. The molecular weight excluding hydrogens is 544 g/mol. The van der Waals surface area contributed by atoms with Crippen molar-refractivity contribution in [2.75, 3.05) is 52.5 Å². The summed E-state index contributed by atoms with van der Waals surface area (Å²) in [7, 11) is 0. The highest BCUT2D eigenvalue weighted by Gasteiger charge is 2.44. The molecule has 10 atom stereocenters. The summed E-state index contributed by atoms with van der Waals surface area (Å²) < 4.78 is 0. The van der Waals surface area contributed by atoms with Crippen molar-refractivity contribution in [1.29, 1.82) is 0 Å². The second-order valence-electron chi connectivity index (χ2n) is 9.47. The molecule has 12 N–H and O–H groups in total. The van der Waals surface area contributed by atoms with Gasteiger partial charge in [0.1, 0.15) is 12.2 Å². The van der Waals surface area contributed by atoms with E-state index in [1.807, 2.05) is 4.90 Å². The minimum absolute atomic E-state index is 0.104. The lowest BCUT2D eigenvalue weighted by Crippen LogP contribution is -2.55. The molecular formula is C22H42N4O10S2. The second-order valence-corrected chi connectivity index (χ2v) is 12.4. The van der Waals surface area contributed by atoms with Gasteiger partial charge < -0.3 is 57.2 Å². The van der Waals surface area contributed by atoms with Gasteiger partial charge >= 0.3 is 0 Å². The fraction of sp³-hybridized carbons (Fsp3) is 0.909. The summed E-state index contributed by atoms with van der Waals surface area (Å²) in [5, 5.41) is 81.4. The lowest BCUT2D eigenvalue weighted by Gasteiger charge is -2.39. The number of nitrogens with two attached hydrogens (primary N) is 1. The van der Waals surface area contributed by atoms with E-state index < -0.39 is 70.8 Å². The topological polar surface area (TPSA) is 249 Å². The van der Waals surface area contributed by atoms with Crippen molar-refractivity contribution in [1.82, 2.24) is 15.5 Å². The van der Waals surface area contributed by atoms with Gasteiger partial charge in [-0.3, -0.25) is 14.5 Å². The lowest BCUT2D eigenvalue weighted by molar-refractivity contribution is -0.123. The molecule has 0 unspecified atom stereocenters. The van der Waals surface area contributed by atoms with Crippen molar-refractivity contribution in [2.24, 2.45) is 5.73 Å². The predicted octanol–water partition coefficient (Wildman–Crippen LogP) is -5.62. The monoisotopic (exact) mass is 586 g/mol. The Balaban J connectivity index is 1.72. The Hall–Kier alpha value is -0.760. The number of nitrogens with zero attached hydrogens (tertiary/aromatic N) is 1. The van der Waals surface area contributed by atoms with E-state index in [1.165, 1.54) is 0 Å². The maximum atomic E-state index is 12.4. The van der Waals surface area contributed by atoms with Gasteiger partial charge in [0.25, 0.3) is 0 Å². The molecule has 2 amide bonds. The summed E-state index contributed by atoms with van der Waals surface area (Å²) in [5.74, 6) is -0.722. The molecule has 0 saturated carbocycles. The maximum Gasteiger partial charge on any atom is 0.221 e. The quantitative estimate of drug-likeness (QED) is 0.0908. The van der Waals surface area contributed by atoms with Crippen LogP contribution in [-0.2, 0) is 9.59 Å². The van der Waals surface area contributed by atoms with E-state index in [-0.39, 0.29) is 37.7 Å². The minimum Gasteiger partial charge on any atom is -0.395 e. The van der Waals surface area contributed by atoms with Crippen molar-refractivity contribution in [3.8, 4) is 0 Å². The van der Waals surface area contributed by atoms with Gasteiger partial charge in [-0.05, 0) is 0 Å². The number of amides is 2. The summed E-state index contributed by atoms with van der Waals surface area (Å²) in [6.45, 7) is 1.46. The number of carbonyl (C=O) groups is 2. The third kappa shape index (κ3) is 9.42.